The Morgan fingerprint density at radius 2 is 2.06 bits per heavy atom. The molecule has 0 bridgehead atoms. The predicted octanol–water partition coefficient (Wildman–Crippen LogP) is 4.10. The maximum absolute atomic E-state index is 14.7. The zero-order chi connectivity index (χ0) is 25.0. The summed E-state index contributed by atoms with van der Waals surface area (Å²) in [6, 6.07) is 12.7. The van der Waals surface area contributed by atoms with Gasteiger partial charge in [-0.05, 0) is 49.9 Å². The summed E-state index contributed by atoms with van der Waals surface area (Å²) in [5.74, 6) is -1.17. The molecule has 2 aromatic carbocycles. The van der Waals surface area contributed by atoms with E-state index in [2.05, 4.69) is 10.4 Å². The van der Waals surface area contributed by atoms with Crippen molar-refractivity contribution in [3.05, 3.63) is 71.3 Å². The molecule has 10 heteroatoms. The van der Waals surface area contributed by atoms with Crippen LogP contribution in [0, 0.1) is 17.0 Å². The minimum absolute atomic E-state index is 0.0117. The van der Waals surface area contributed by atoms with Gasteiger partial charge in [-0.25, -0.2) is 13.8 Å². The number of nitrogens with one attached hydrogen (secondary N) is 2. The fourth-order valence-electron chi connectivity index (χ4n) is 4.28. The highest BCUT2D eigenvalue weighted by atomic mass is 32.2. The van der Waals surface area contributed by atoms with Crippen molar-refractivity contribution in [2.24, 2.45) is 5.10 Å². The molecular formula is C25H29F2N5O2S. The number of carbonyl (C=O) groups excluding carboxylic acids is 1. The van der Waals surface area contributed by atoms with Crippen molar-refractivity contribution < 1.29 is 18.3 Å². The lowest BCUT2D eigenvalue weighted by Gasteiger charge is -2.38. The van der Waals surface area contributed by atoms with E-state index in [9.17, 15) is 13.6 Å². The second-order valence-corrected chi connectivity index (χ2v) is 9.80. The number of amides is 1. The first-order valence-corrected chi connectivity index (χ1v) is 12.4. The lowest BCUT2D eigenvalue weighted by atomic mass is 9.99. The van der Waals surface area contributed by atoms with E-state index in [-0.39, 0.29) is 16.5 Å². The van der Waals surface area contributed by atoms with Crippen LogP contribution in [0.15, 0.2) is 53.6 Å². The molecule has 0 saturated carbocycles. The summed E-state index contributed by atoms with van der Waals surface area (Å²) in [6.07, 6.45) is 1.30. The monoisotopic (exact) mass is 501 g/mol. The fraction of sp³-hybridized carbons (Fsp3) is 0.400. The molecule has 0 spiro atoms. The molecule has 1 unspecified atom stereocenters. The van der Waals surface area contributed by atoms with Crippen molar-refractivity contribution in [1.29, 1.82) is 5.41 Å². The molecular weight excluding hydrogens is 472 g/mol. The molecule has 4 rings (SSSR count). The van der Waals surface area contributed by atoms with E-state index < -0.39 is 22.6 Å². The van der Waals surface area contributed by atoms with Gasteiger partial charge < -0.3 is 15.0 Å². The number of methoxy groups -OCH3 is 1. The first-order valence-electron chi connectivity index (χ1n) is 11.6. The van der Waals surface area contributed by atoms with Gasteiger partial charge >= 0.3 is 0 Å². The topological polar surface area (TPSA) is 81.0 Å². The number of benzene rings is 2. The molecule has 2 aromatic rings. The van der Waals surface area contributed by atoms with Crippen LogP contribution < -0.4 is 5.32 Å². The van der Waals surface area contributed by atoms with Crippen molar-refractivity contribution in [3.63, 3.8) is 0 Å². The third-order valence-corrected chi connectivity index (χ3v) is 7.69. The Kier molecular flexibility index (Phi) is 7.71. The largest absolute Gasteiger partial charge is 0.372 e. The Balaban J connectivity index is 1.72. The molecule has 2 heterocycles. The number of halogens is 2. The lowest BCUT2D eigenvalue weighted by molar-refractivity contribution is -0.144. The van der Waals surface area contributed by atoms with Gasteiger partial charge in [0, 0.05) is 32.3 Å². The van der Waals surface area contributed by atoms with Crippen LogP contribution in [0.25, 0.3) is 0 Å². The molecule has 2 N–H and O–H groups in total. The molecule has 2 aliphatic rings. The minimum Gasteiger partial charge on any atom is -0.372 e. The zero-order valence-electron chi connectivity index (χ0n) is 19.8. The number of rotatable bonds is 8. The number of ether oxygens (including phenoxy) is 1. The van der Waals surface area contributed by atoms with Gasteiger partial charge in [0.25, 0.3) is 5.91 Å². The Morgan fingerprint density at radius 3 is 2.77 bits per heavy atom. The number of hydrazone groups is 1. The van der Waals surface area contributed by atoms with Crippen LogP contribution >= 0.6 is 11.8 Å². The summed E-state index contributed by atoms with van der Waals surface area (Å²) < 4.78 is 34.1. The lowest BCUT2D eigenvalue weighted by Crippen LogP contribution is -2.48. The highest BCUT2D eigenvalue weighted by Gasteiger charge is 2.49. The van der Waals surface area contributed by atoms with E-state index in [1.54, 1.807) is 6.92 Å². The molecule has 186 valence electrons. The molecule has 0 aromatic heterocycles. The van der Waals surface area contributed by atoms with E-state index in [0.29, 0.717) is 25.3 Å². The number of nitrogens with zero attached hydrogens (tertiary/aromatic N) is 3. The molecule has 0 aliphatic carbocycles. The van der Waals surface area contributed by atoms with E-state index >= 15 is 0 Å². The maximum atomic E-state index is 14.7. The third kappa shape index (κ3) is 5.18. The van der Waals surface area contributed by atoms with Crippen LogP contribution in [0.5, 0.6) is 0 Å². The van der Waals surface area contributed by atoms with Gasteiger partial charge in [0.05, 0.1) is 0 Å². The summed E-state index contributed by atoms with van der Waals surface area (Å²) >= 11 is 1.24. The van der Waals surface area contributed by atoms with Gasteiger partial charge in [-0.3, -0.25) is 10.2 Å². The number of carbonyl (C=O) groups is 1. The smallest absolute Gasteiger partial charge is 0.273 e. The van der Waals surface area contributed by atoms with E-state index in [1.807, 2.05) is 35.2 Å². The Labute approximate surface area is 208 Å². The molecule has 1 saturated heterocycles. The molecule has 7 nitrogen and oxygen atoms in total. The van der Waals surface area contributed by atoms with Crippen LogP contribution in [0.2, 0.25) is 0 Å². The van der Waals surface area contributed by atoms with Crippen molar-refractivity contribution in [2.45, 2.75) is 37.2 Å². The predicted molar refractivity (Wildman–Crippen MR) is 133 cm³/mol. The molecule has 2 aliphatic heterocycles. The van der Waals surface area contributed by atoms with Crippen molar-refractivity contribution in [2.75, 3.05) is 26.7 Å². The summed E-state index contributed by atoms with van der Waals surface area (Å²) in [5, 5.41) is 17.4. The van der Waals surface area contributed by atoms with Crippen LogP contribution in [-0.4, -0.2) is 59.7 Å². The fourth-order valence-corrected chi connectivity index (χ4v) is 5.71. The average Bonchev–Trinajstić information content (AvgIpc) is 3.26. The first kappa shape index (κ1) is 25.1. The van der Waals surface area contributed by atoms with Crippen molar-refractivity contribution in [1.82, 2.24) is 15.2 Å². The first-order chi connectivity index (χ1) is 16.9. The van der Waals surface area contributed by atoms with Gasteiger partial charge in [0.15, 0.2) is 5.96 Å². The van der Waals surface area contributed by atoms with Crippen LogP contribution in [0.4, 0.5) is 8.78 Å². The summed E-state index contributed by atoms with van der Waals surface area (Å²) in [7, 11) is 1.45. The van der Waals surface area contributed by atoms with Gasteiger partial charge in [-0.2, -0.15) is 5.10 Å². The van der Waals surface area contributed by atoms with Crippen LogP contribution in [-0.2, 0) is 14.4 Å². The van der Waals surface area contributed by atoms with E-state index in [1.165, 1.54) is 23.9 Å². The second kappa shape index (κ2) is 10.7. The minimum atomic E-state index is -0.982. The summed E-state index contributed by atoms with van der Waals surface area (Å²) in [5.41, 5.74) is 0.835. The summed E-state index contributed by atoms with van der Waals surface area (Å²) in [4.78, 5) is 14.5. The van der Waals surface area contributed by atoms with Crippen LogP contribution in [0.1, 0.15) is 37.3 Å². The maximum Gasteiger partial charge on any atom is 0.273 e. The molecule has 1 amide bonds. The molecule has 1 fully saturated rings. The van der Waals surface area contributed by atoms with E-state index in [0.717, 1.165) is 43.3 Å². The Morgan fingerprint density at radius 1 is 1.29 bits per heavy atom. The van der Waals surface area contributed by atoms with Gasteiger partial charge in [0.1, 0.15) is 27.7 Å². The number of thioether (sulfide) groups is 1. The Bertz CT molecular complexity index is 1120. The second-order valence-electron chi connectivity index (χ2n) is 8.53. The Hall–Kier alpha value is -2.98. The molecule has 2 atom stereocenters. The standard InChI is InChI=1S/C25H29F2N5O2S/c1-17(34-2)23(33)32-25(18-8-4-3-5-9-18,12-6-14-31-15-7-13-29-24(31)28)35-22(30-32)20-16-19(26)10-11-21(20)27/h3-5,8-11,16-17H,6-7,12-15H2,1-2H3,(H2,28,29)/t17-,25?/m0/s1. The van der Waals surface area contributed by atoms with Crippen molar-refractivity contribution in [3.8, 4) is 0 Å². The van der Waals surface area contributed by atoms with Gasteiger partial charge in [0.2, 0.25) is 0 Å². The number of hydrogen-bond donors (Lipinski definition) is 2. The number of hydrogen-bond acceptors (Lipinski definition) is 5. The SMILES string of the molecule is CO[C@@H](C)C(=O)N1N=C(c2cc(F)ccc2F)SC1(CCCN1CCCNC1=N)c1ccccc1. The third-order valence-electron chi connectivity index (χ3n) is 6.25. The van der Waals surface area contributed by atoms with Crippen LogP contribution in [0.3, 0.4) is 0 Å². The van der Waals surface area contributed by atoms with E-state index in [4.69, 9.17) is 10.1 Å². The van der Waals surface area contributed by atoms with Crippen molar-refractivity contribution >= 4 is 28.7 Å². The quantitative estimate of drug-likeness (QED) is 0.569. The highest BCUT2D eigenvalue weighted by molar-refractivity contribution is 8.15. The zero-order valence-corrected chi connectivity index (χ0v) is 20.6. The molecule has 0 radical (unpaired) electrons. The highest BCUT2D eigenvalue weighted by Crippen LogP contribution is 2.51. The van der Waals surface area contributed by atoms with Gasteiger partial charge in [-0.15, -0.1) is 0 Å². The summed E-state index contributed by atoms with van der Waals surface area (Å²) in [6.45, 7) is 3.83. The average molecular weight is 502 g/mol. The number of guanidine groups is 1. The van der Waals surface area contributed by atoms with Gasteiger partial charge in [-0.1, -0.05) is 42.1 Å². The molecule has 35 heavy (non-hydrogen) atoms. The normalized spacial score (nSPS) is 21.0.